The van der Waals surface area contributed by atoms with Crippen molar-refractivity contribution in [1.82, 2.24) is 19.8 Å². The minimum absolute atomic E-state index is 0.0295. The van der Waals surface area contributed by atoms with E-state index in [0.29, 0.717) is 57.4 Å². The molecule has 0 radical (unpaired) electrons. The van der Waals surface area contributed by atoms with Crippen LogP contribution in [0, 0.1) is 18.7 Å². The summed E-state index contributed by atoms with van der Waals surface area (Å²) in [4.78, 5) is 38.8. The summed E-state index contributed by atoms with van der Waals surface area (Å²) in [5.41, 5.74) is 0.321. The molecule has 0 aliphatic carbocycles. The number of hydrogen-bond acceptors (Lipinski definition) is 6. The summed E-state index contributed by atoms with van der Waals surface area (Å²) in [6.07, 6.45) is 3.33. The second-order valence-electron chi connectivity index (χ2n) is 7.70. The van der Waals surface area contributed by atoms with E-state index in [1.807, 2.05) is 9.80 Å². The molecule has 0 spiro atoms. The van der Waals surface area contributed by atoms with E-state index in [2.05, 4.69) is 9.97 Å². The van der Waals surface area contributed by atoms with Crippen LogP contribution in [0.5, 0.6) is 0 Å². The lowest BCUT2D eigenvalue weighted by Gasteiger charge is -2.36. The number of aryl methyl sites for hydroxylation is 1. The van der Waals surface area contributed by atoms with Crippen LogP contribution in [0.2, 0.25) is 0 Å². The van der Waals surface area contributed by atoms with Gasteiger partial charge in [0, 0.05) is 58.4 Å². The first-order chi connectivity index (χ1) is 13.5. The Hall–Kier alpha value is -2.29. The van der Waals surface area contributed by atoms with Gasteiger partial charge in [-0.1, -0.05) is 0 Å². The highest BCUT2D eigenvalue weighted by Gasteiger charge is 2.40. The number of rotatable bonds is 3. The zero-order chi connectivity index (χ0) is 19.7. The Morgan fingerprint density at radius 1 is 1.18 bits per heavy atom. The number of anilines is 1. The molecule has 28 heavy (non-hydrogen) atoms. The van der Waals surface area contributed by atoms with Crippen LogP contribution in [-0.4, -0.2) is 83.6 Å². The van der Waals surface area contributed by atoms with Crippen LogP contribution in [0.1, 0.15) is 25.0 Å². The zero-order valence-corrected chi connectivity index (χ0v) is 16.1. The third-order valence-electron chi connectivity index (χ3n) is 5.98. The Balaban J connectivity index is 1.34. The van der Waals surface area contributed by atoms with E-state index in [0.717, 1.165) is 12.8 Å². The van der Waals surface area contributed by atoms with Crippen molar-refractivity contribution in [1.29, 1.82) is 0 Å². The SMILES string of the molecule is Cc1ncnc(N2CCN(C(=O)C3CC(=O)N(C4CCOCC4)C3)CC2)c1F. The molecule has 1 aromatic rings. The van der Waals surface area contributed by atoms with Gasteiger partial charge in [-0.05, 0) is 19.8 Å². The minimum atomic E-state index is -0.407. The summed E-state index contributed by atoms with van der Waals surface area (Å²) in [6, 6.07) is 0.194. The van der Waals surface area contributed by atoms with Crippen LogP contribution in [0.3, 0.4) is 0 Å². The molecule has 152 valence electrons. The number of ether oxygens (including phenoxy) is 1. The summed E-state index contributed by atoms with van der Waals surface area (Å²) in [6.45, 7) is 5.51. The third-order valence-corrected chi connectivity index (χ3v) is 5.98. The highest BCUT2D eigenvalue weighted by atomic mass is 19.1. The van der Waals surface area contributed by atoms with Gasteiger partial charge in [0.15, 0.2) is 11.6 Å². The maximum atomic E-state index is 14.3. The molecule has 1 unspecified atom stereocenters. The fourth-order valence-corrected chi connectivity index (χ4v) is 4.31. The van der Waals surface area contributed by atoms with Crippen molar-refractivity contribution in [2.45, 2.75) is 32.2 Å². The van der Waals surface area contributed by atoms with Gasteiger partial charge in [0.1, 0.15) is 6.33 Å². The third kappa shape index (κ3) is 3.67. The van der Waals surface area contributed by atoms with Crippen LogP contribution in [-0.2, 0) is 14.3 Å². The predicted molar refractivity (Wildman–Crippen MR) is 99.2 cm³/mol. The number of aromatic nitrogens is 2. The summed E-state index contributed by atoms with van der Waals surface area (Å²) >= 11 is 0. The second kappa shape index (κ2) is 7.98. The number of amides is 2. The molecule has 4 rings (SSSR count). The van der Waals surface area contributed by atoms with Crippen molar-refractivity contribution in [2.75, 3.05) is 50.8 Å². The molecule has 3 aliphatic heterocycles. The van der Waals surface area contributed by atoms with Gasteiger partial charge in [-0.25, -0.2) is 14.4 Å². The normalized spacial score (nSPS) is 24.1. The lowest BCUT2D eigenvalue weighted by atomic mass is 10.1. The number of nitrogens with zero attached hydrogens (tertiary/aromatic N) is 5. The number of carbonyl (C=O) groups excluding carboxylic acids is 2. The Bertz CT molecular complexity index is 747. The number of halogens is 1. The topological polar surface area (TPSA) is 78.9 Å². The Morgan fingerprint density at radius 2 is 1.89 bits per heavy atom. The van der Waals surface area contributed by atoms with Gasteiger partial charge in [-0.2, -0.15) is 0 Å². The van der Waals surface area contributed by atoms with Gasteiger partial charge >= 0.3 is 0 Å². The predicted octanol–water partition coefficient (Wildman–Crippen LogP) is 0.600. The van der Waals surface area contributed by atoms with Crippen LogP contribution in [0.25, 0.3) is 0 Å². The highest BCUT2D eigenvalue weighted by molar-refractivity contribution is 5.89. The molecule has 3 aliphatic rings. The standard InChI is InChI=1S/C19H26FN5O3/c1-13-17(20)18(22-12-21-13)23-4-6-24(7-5-23)19(27)14-10-16(26)25(11-14)15-2-8-28-9-3-15/h12,14-15H,2-11H2,1H3. The quantitative estimate of drug-likeness (QED) is 0.751. The molecule has 0 aromatic carbocycles. The van der Waals surface area contributed by atoms with Gasteiger partial charge in [0.2, 0.25) is 11.8 Å². The molecule has 1 atom stereocenters. The lowest BCUT2D eigenvalue weighted by molar-refractivity contribution is -0.136. The van der Waals surface area contributed by atoms with E-state index in [-0.39, 0.29) is 30.2 Å². The molecule has 1 aromatic heterocycles. The van der Waals surface area contributed by atoms with E-state index in [1.165, 1.54) is 6.33 Å². The van der Waals surface area contributed by atoms with Gasteiger partial charge in [0.05, 0.1) is 11.6 Å². The maximum absolute atomic E-state index is 14.3. The molecule has 2 amide bonds. The monoisotopic (exact) mass is 391 g/mol. The van der Waals surface area contributed by atoms with E-state index in [9.17, 15) is 14.0 Å². The Morgan fingerprint density at radius 3 is 2.61 bits per heavy atom. The van der Waals surface area contributed by atoms with Gasteiger partial charge in [0.25, 0.3) is 0 Å². The van der Waals surface area contributed by atoms with Gasteiger partial charge in [-0.15, -0.1) is 0 Å². The van der Waals surface area contributed by atoms with Crippen LogP contribution >= 0.6 is 0 Å². The summed E-state index contributed by atoms with van der Waals surface area (Å²) in [5, 5.41) is 0. The molecule has 8 nitrogen and oxygen atoms in total. The largest absolute Gasteiger partial charge is 0.381 e. The number of piperazine rings is 1. The van der Waals surface area contributed by atoms with Crippen LogP contribution in [0.4, 0.5) is 10.2 Å². The number of carbonyl (C=O) groups is 2. The van der Waals surface area contributed by atoms with Crippen LogP contribution < -0.4 is 4.90 Å². The van der Waals surface area contributed by atoms with E-state index in [1.54, 1.807) is 11.8 Å². The first kappa shape index (κ1) is 19.0. The number of likely N-dealkylation sites (tertiary alicyclic amines) is 1. The molecule has 0 saturated carbocycles. The fourth-order valence-electron chi connectivity index (χ4n) is 4.31. The molecule has 4 heterocycles. The summed E-state index contributed by atoms with van der Waals surface area (Å²) < 4.78 is 19.6. The van der Waals surface area contributed by atoms with Crippen molar-refractivity contribution in [3.8, 4) is 0 Å². The molecular weight excluding hydrogens is 365 g/mol. The van der Waals surface area contributed by atoms with Crippen molar-refractivity contribution < 1.29 is 18.7 Å². The molecule has 0 N–H and O–H groups in total. The van der Waals surface area contributed by atoms with Crippen LogP contribution in [0.15, 0.2) is 6.33 Å². The van der Waals surface area contributed by atoms with Gasteiger partial charge < -0.3 is 19.4 Å². The first-order valence-corrected chi connectivity index (χ1v) is 9.92. The molecule has 3 fully saturated rings. The van der Waals surface area contributed by atoms with E-state index in [4.69, 9.17) is 4.74 Å². The molecule has 3 saturated heterocycles. The highest BCUT2D eigenvalue weighted by Crippen LogP contribution is 2.27. The second-order valence-corrected chi connectivity index (χ2v) is 7.70. The minimum Gasteiger partial charge on any atom is -0.381 e. The van der Waals surface area contributed by atoms with Crippen molar-refractivity contribution in [3.63, 3.8) is 0 Å². The molecule has 9 heteroatoms. The Kier molecular flexibility index (Phi) is 5.43. The first-order valence-electron chi connectivity index (χ1n) is 9.92. The van der Waals surface area contributed by atoms with Crippen molar-refractivity contribution in [3.05, 3.63) is 17.8 Å². The number of hydrogen-bond donors (Lipinski definition) is 0. The fraction of sp³-hybridized carbons (Fsp3) is 0.684. The average molecular weight is 391 g/mol. The van der Waals surface area contributed by atoms with Crippen molar-refractivity contribution in [2.24, 2.45) is 5.92 Å². The van der Waals surface area contributed by atoms with Gasteiger partial charge in [-0.3, -0.25) is 9.59 Å². The zero-order valence-electron chi connectivity index (χ0n) is 16.1. The Labute approximate surface area is 163 Å². The maximum Gasteiger partial charge on any atom is 0.228 e. The van der Waals surface area contributed by atoms with E-state index >= 15 is 0 Å². The smallest absolute Gasteiger partial charge is 0.228 e. The lowest BCUT2D eigenvalue weighted by Crippen LogP contribution is -2.51. The van der Waals surface area contributed by atoms with E-state index < -0.39 is 5.82 Å². The molecule has 0 bridgehead atoms. The summed E-state index contributed by atoms with van der Waals surface area (Å²) in [5.74, 6) is -0.290. The molecular formula is C19H26FN5O3. The average Bonchev–Trinajstić information content (AvgIpc) is 3.12. The van der Waals surface area contributed by atoms with Crippen molar-refractivity contribution >= 4 is 17.6 Å². The summed E-state index contributed by atoms with van der Waals surface area (Å²) in [7, 11) is 0.